The van der Waals surface area contributed by atoms with Crippen molar-refractivity contribution in [1.29, 1.82) is 0 Å². The smallest absolute Gasteiger partial charge is 0.328 e. The molecule has 0 radical (unpaired) electrons. The van der Waals surface area contributed by atoms with Crippen LogP contribution in [-0.2, 0) is 20.7 Å². The Morgan fingerprint density at radius 2 is 1.90 bits per heavy atom. The van der Waals surface area contributed by atoms with E-state index in [9.17, 15) is 9.59 Å². The van der Waals surface area contributed by atoms with Crippen molar-refractivity contribution in [3.8, 4) is 0 Å². The van der Waals surface area contributed by atoms with Gasteiger partial charge in [-0.25, -0.2) is 4.79 Å². The molecule has 21 heavy (non-hydrogen) atoms. The summed E-state index contributed by atoms with van der Waals surface area (Å²) < 4.78 is 4.79. The van der Waals surface area contributed by atoms with Crippen LogP contribution in [0.3, 0.4) is 0 Å². The number of carbonyl (C=O) groups excluding carboxylic acids is 1. The number of fused-ring (bicyclic) bond motifs is 1. The van der Waals surface area contributed by atoms with E-state index in [-0.39, 0.29) is 18.9 Å². The summed E-state index contributed by atoms with van der Waals surface area (Å²) in [4.78, 5) is 23.0. The number of benzene rings is 2. The number of ether oxygens (including phenoxy) is 1. The largest absolute Gasteiger partial charge is 0.480 e. The number of nitrogens with one attached hydrogen (secondary N) is 1. The van der Waals surface area contributed by atoms with Crippen molar-refractivity contribution in [3.63, 3.8) is 0 Å². The molecule has 2 aromatic rings. The summed E-state index contributed by atoms with van der Waals surface area (Å²) in [5.74, 6) is -1.45. The Balaban J connectivity index is 2.13. The van der Waals surface area contributed by atoms with Crippen LogP contribution < -0.4 is 5.32 Å². The van der Waals surface area contributed by atoms with E-state index in [1.807, 2.05) is 42.5 Å². The number of aliphatic carboxylic acids is 1. The van der Waals surface area contributed by atoms with Gasteiger partial charge in [0, 0.05) is 7.11 Å². The predicted molar refractivity (Wildman–Crippen MR) is 79.1 cm³/mol. The van der Waals surface area contributed by atoms with Crippen LogP contribution in [0.15, 0.2) is 42.5 Å². The molecule has 0 spiro atoms. The number of carboxylic acid groups (broad SMARTS) is 1. The second kappa shape index (κ2) is 6.85. The minimum atomic E-state index is -1.11. The molecular weight excluding hydrogens is 270 g/mol. The van der Waals surface area contributed by atoms with Gasteiger partial charge in [-0.2, -0.15) is 0 Å². The van der Waals surface area contributed by atoms with Gasteiger partial charge in [0.15, 0.2) is 6.04 Å². The lowest BCUT2D eigenvalue weighted by molar-refractivity contribution is -0.143. The maximum atomic E-state index is 12.0. The van der Waals surface area contributed by atoms with E-state index >= 15 is 0 Å². The number of carboxylic acids is 1. The van der Waals surface area contributed by atoms with Crippen LogP contribution in [0, 0.1) is 0 Å². The van der Waals surface area contributed by atoms with E-state index in [0.29, 0.717) is 0 Å². The van der Waals surface area contributed by atoms with Gasteiger partial charge in [-0.1, -0.05) is 42.5 Å². The van der Waals surface area contributed by atoms with Crippen molar-refractivity contribution in [3.05, 3.63) is 48.0 Å². The predicted octanol–water partition coefficient (Wildman–Crippen LogP) is 1.60. The first-order chi connectivity index (χ1) is 10.1. The summed E-state index contributed by atoms with van der Waals surface area (Å²) in [6.45, 7) is -0.0589. The third-order valence-electron chi connectivity index (χ3n) is 3.20. The van der Waals surface area contributed by atoms with E-state index in [1.165, 1.54) is 7.11 Å². The highest BCUT2D eigenvalue weighted by atomic mass is 16.5. The lowest BCUT2D eigenvalue weighted by Crippen LogP contribution is -2.44. The molecule has 5 nitrogen and oxygen atoms in total. The van der Waals surface area contributed by atoms with E-state index < -0.39 is 12.0 Å². The SMILES string of the molecule is COCC(NC(=O)Cc1cccc2ccccc12)C(=O)O. The molecule has 1 atom stereocenters. The van der Waals surface area contributed by atoms with Crippen LogP contribution in [0.25, 0.3) is 10.8 Å². The normalized spacial score (nSPS) is 12.0. The van der Waals surface area contributed by atoms with Crippen LogP contribution in [0.4, 0.5) is 0 Å². The van der Waals surface area contributed by atoms with Crippen molar-refractivity contribution in [2.45, 2.75) is 12.5 Å². The molecule has 0 fully saturated rings. The highest BCUT2D eigenvalue weighted by Crippen LogP contribution is 2.18. The first-order valence-corrected chi connectivity index (χ1v) is 6.59. The Hall–Kier alpha value is -2.40. The molecule has 1 unspecified atom stereocenters. The topological polar surface area (TPSA) is 75.6 Å². The summed E-state index contributed by atoms with van der Waals surface area (Å²) in [5, 5.41) is 13.5. The van der Waals surface area contributed by atoms with E-state index in [2.05, 4.69) is 5.32 Å². The molecule has 0 bridgehead atoms. The van der Waals surface area contributed by atoms with Crippen molar-refractivity contribution in [2.24, 2.45) is 0 Å². The Labute approximate surface area is 122 Å². The maximum absolute atomic E-state index is 12.0. The third-order valence-corrected chi connectivity index (χ3v) is 3.20. The molecule has 0 aliphatic heterocycles. The van der Waals surface area contributed by atoms with Gasteiger partial charge in [0.25, 0.3) is 0 Å². The molecule has 0 aromatic heterocycles. The van der Waals surface area contributed by atoms with Crippen molar-refractivity contribution < 1.29 is 19.4 Å². The van der Waals surface area contributed by atoms with E-state index in [1.54, 1.807) is 0 Å². The van der Waals surface area contributed by atoms with Gasteiger partial charge >= 0.3 is 5.97 Å². The lowest BCUT2D eigenvalue weighted by atomic mass is 10.0. The zero-order chi connectivity index (χ0) is 15.2. The number of amides is 1. The standard InChI is InChI=1S/C16H17NO4/c1-21-10-14(16(19)20)17-15(18)9-12-7-4-6-11-5-2-3-8-13(11)12/h2-8,14H,9-10H2,1H3,(H,17,18)(H,19,20). The van der Waals surface area contributed by atoms with Gasteiger partial charge in [0.05, 0.1) is 13.0 Å². The third kappa shape index (κ3) is 3.79. The molecule has 1 amide bonds. The second-order valence-electron chi connectivity index (χ2n) is 4.73. The van der Waals surface area contributed by atoms with Crippen LogP contribution in [0.1, 0.15) is 5.56 Å². The monoisotopic (exact) mass is 287 g/mol. The Morgan fingerprint density at radius 1 is 1.19 bits per heavy atom. The highest BCUT2D eigenvalue weighted by Gasteiger charge is 2.19. The van der Waals surface area contributed by atoms with Crippen LogP contribution >= 0.6 is 0 Å². The van der Waals surface area contributed by atoms with E-state index in [4.69, 9.17) is 9.84 Å². The molecule has 0 saturated carbocycles. The first kappa shape index (κ1) is 15.0. The molecule has 0 aliphatic rings. The van der Waals surface area contributed by atoms with Gasteiger partial charge < -0.3 is 15.2 Å². The van der Waals surface area contributed by atoms with Gasteiger partial charge in [-0.3, -0.25) is 4.79 Å². The molecule has 2 aromatic carbocycles. The summed E-state index contributed by atoms with van der Waals surface area (Å²) in [5.41, 5.74) is 0.868. The average molecular weight is 287 g/mol. The lowest BCUT2D eigenvalue weighted by Gasteiger charge is -2.14. The van der Waals surface area contributed by atoms with E-state index in [0.717, 1.165) is 16.3 Å². The molecule has 0 aliphatic carbocycles. The molecule has 2 N–H and O–H groups in total. The van der Waals surface area contributed by atoms with Crippen LogP contribution in [0.5, 0.6) is 0 Å². The number of hydrogen-bond donors (Lipinski definition) is 2. The average Bonchev–Trinajstić information content (AvgIpc) is 2.47. The zero-order valence-electron chi connectivity index (χ0n) is 11.7. The second-order valence-corrected chi connectivity index (χ2v) is 4.73. The molecule has 110 valence electrons. The fourth-order valence-electron chi connectivity index (χ4n) is 2.21. The summed E-state index contributed by atoms with van der Waals surface area (Å²) in [7, 11) is 1.40. The van der Waals surface area contributed by atoms with Gasteiger partial charge in [0.2, 0.25) is 5.91 Å². The first-order valence-electron chi connectivity index (χ1n) is 6.59. The zero-order valence-corrected chi connectivity index (χ0v) is 11.7. The molecule has 0 saturated heterocycles. The number of hydrogen-bond acceptors (Lipinski definition) is 3. The Kier molecular flexibility index (Phi) is 4.90. The van der Waals surface area contributed by atoms with Crippen LogP contribution in [0.2, 0.25) is 0 Å². The quantitative estimate of drug-likeness (QED) is 0.846. The summed E-state index contributed by atoms with van der Waals surface area (Å²) in [6, 6.07) is 12.5. The van der Waals surface area contributed by atoms with Crippen molar-refractivity contribution in [1.82, 2.24) is 5.32 Å². The highest BCUT2D eigenvalue weighted by molar-refractivity contribution is 5.91. The number of rotatable bonds is 6. The molecule has 0 heterocycles. The number of carbonyl (C=O) groups is 2. The summed E-state index contributed by atoms with van der Waals surface area (Å²) >= 11 is 0. The maximum Gasteiger partial charge on any atom is 0.328 e. The molecular formula is C16H17NO4. The van der Waals surface area contributed by atoms with Crippen molar-refractivity contribution >= 4 is 22.6 Å². The molecule has 2 rings (SSSR count). The Morgan fingerprint density at radius 3 is 2.62 bits per heavy atom. The van der Waals surface area contributed by atoms with Gasteiger partial charge in [0.1, 0.15) is 0 Å². The fraction of sp³-hybridized carbons (Fsp3) is 0.250. The molecule has 5 heteroatoms. The minimum absolute atomic E-state index is 0.0589. The minimum Gasteiger partial charge on any atom is -0.480 e. The Bertz CT molecular complexity index is 648. The van der Waals surface area contributed by atoms with Gasteiger partial charge in [-0.05, 0) is 16.3 Å². The van der Waals surface area contributed by atoms with Gasteiger partial charge in [-0.15, -0.1) is 0 Å². The van der Waals surface area contributed by atoms with Crippen LogP contribution in [-0.4, -0.2) is 36.7 Å². The summed E-state index contributed by atoms with van der Waals surface area (Å²) in [6.07, 6.45) is 0.134. The van der Waals surface area contributed by atoms with Crippen molar-refractivity contribution in [2.75, 3.05) is 13.7 Å². The fourth-order valence-corrected chi connectivity index (χ4v) is 2.21. The number of methoxy groups -OCH3 is 1.